The maximum atomic E-state index is 12.9. The van der Waals surface area contributed by atoms with Gasteiger partial charge in [0.15, 0.2) is 0 Å². The van der Waals surface area contributed by atoms with Gasteiger partial charge in [-0.25, -0.2) is 9.79 Å². The molecular weight excluding hydrogens is 560 g/mol. The molecule has 0 aromatic rings. The molecule has 274 valence electrons. The Balaban J connectivity index is 3.89. The molecule has 2 amide bonds. The lowest BCUT2D eigenvalue weighted by atomic mass is 10.0. The van der Waals surface area contributed by atoms with Crippen LogP contribution in [0.3, 0.4) is 0 Å². The minimum Gasteiger partial charge on any atom is -0.323 e. The third-order valence-corrected chi connectivity index (χ3v) is 9.97. The second-order valence-electron chi connectivity index (χ2n) is 14.7. The van der Waals surface area contributed by atoms with Crippen molar-refractivity contribution in [2.45, 2.75) is 252 Å². The van der Waals surface area contributed by atoms with Gasteiger partial charge in [-0.2, -0.15) is 0 Å². The van der Waals surface area contributed by atoms with Gasteiger partial charge in [0, 0.05) is 19.3 Å². The lowest BCUT2D eigenvalue weighted by Crippen LogP contribution is -2.30. The van der Waals surface area contributed by atoms with Gasteiger partial charge in [0.05, 0.1) is 0 Å². The Morgan fingerprint density at radius 2 is 0.609 bits per heavy atom. The van der Waals surface area contributed by atoms with Crippen molar-refractivity contribution in [3.63, 3.8) is 0 Å². The Morgan fingerprint density at radius 3 is 0.891 bits per heavy atom. The van der Waals surface area contributed by atoms with E-state index in [0.717, 1.165) is 38.8 Å². The monoisotopic (exact) mass is 647 g/mol. The molecule has 0 saturated heterocycles. The highest BCUT2D eigenvalue weighted by atomic mass is 16.2. The van der Waals surface area contributed by atoms with Crippen LogP contribution in [-0.4, -0.2) is 30.2 Å². The van der Waals surface area contributed by atoms with E-state index in [2.05, 4.69) is 30.7 Å². The molecule has 0 aromatic heterocycles. The summed E-state index contributed by atoms with van der Waals surface area (Å²) < 4.78 is 0. The minimum atomic E-state index is 0.0124. The molecule has 0 aromatic carbocycles. The summed E-state index contributed by atoms with van der Waals surface area (Å²) in [4.78, 5) is 19.3. The SMILES string of the molecule is CCCCCC=NC(=O)N(CCCCCCCCCCCCCCCCCC)CCCCCCCCCCCCCCCCCC. The van der Waals surface area contributed by atoms with Crippen LogP contribution in [0.5, 0.6) is 0 Å². The first-order valence-corrected chi connectivity index (χ1v) is 21.6. The first kappa shape index (κ1) is 45.1. The van der Waals surface area contributed by atoms with E-state index in [0.29, 0.717) is 0 Å². The van der Waals surface area contributed by atoms with Crippen LogP contribution in [0.2, 0.25) is 0 Å². The predicted octanol–water partition coefficient (Wildman–Crippen LogP) is 15.6. The fourth-order valence-electron chi connectivity index (χ4n) is 6.71. The standard InChI is InChI=1S/C43H86N2O/c1-4-7-10-13-15-17-19-21-23-25-27-29-31-33-35-38-41-45(43(46)44-40-37-12-9-6-3)42-39-36-34-32-30-28-26-24-22-20-18-16-14-11-8-5-2/h40H,4-39,41-42H2,1-3H3. The zero-order chi connectivity index (χ0) is 33.4. The largest absolute Gasteiger partial charge is 0.343 e. The molecule has 46 heavy (non-hydrogen) atoms. The molecule has 0 bridgehead atoms. The Kier molecular flexibility index (Phi) is 39.6. The maximum Gasteiger partial charge on any atom is 0.343 e. The van der Waals surface area contributed by atoms with Crippen molar-refractivity contribution >= 4 is 12.2 Å². The minimum absolute atomic E-state index is 0.0124. The zero-order valence-corrected chi connectivity index (χ0v) is 32.3. The van der Waals surface area contributed by atoms with E-state index >= 15 is 0 Å². The van der Waals surface area contributed by atoms with E-state index in [4.69, 9.17) is 0 Å². The molecule has 0 rings (SSSR count). The number of carbonyl (C=O) groups excluding carboxylic acids is 1. The summed E-state index contributed by atoms with van der Waals surface area (Å²) in [6.07, 6.45) is 50.8. The predicted molar refractivity (Wildman–Crippen MR) is 209 cm³/mol. The van der Waals surface area contributed by atoms with Crippen molar-refractivity contribution in [3.8, 4) is 0 Å². The number of nitrogens with zero attached hydrogens (tertiary/aromatic N) is 2. The second kappa shape index (κ2) is 40.3. The third-order valence-electron chi connectivity index (χ3n) is 9.97. The molecule has 0 aliphatic heterocycles. The molecule has 0 atom stereocenters. The molecule has 3 nitrogen and oxygen atoms in total. The summed E-state index contributed by atoms with van der Waals surface area (Å²) >= 11 is 0. The van der Waals surface area contributed by atoms with E-state index in [-0.39, 0.29) is 6.03 Å². The number of urea groups is 1. The van der Waals surface area contributed by atoms with Crippen LogP contribution < -0.4 is 0 Å². The van der Waals surface area contributed by atoms with Crippen molar-refractivity contribution in [1.82, 2.24) is 4.90 Å². The van der Waals surface area contributed by atoms with Crippen LogP contribution in [-0.2, 0) is 0 Å². The summed E-state index contributed by atoms with van der Waals surface area (Å²) in [5.41, 5.74) is 0. The van der Waals surface area contributed by atoms with Gasteiger partial charge in [-0.05, 0) is 25.7 Å². The molecule has 0 aliphatic rings. The van der Waals surface area contributed by atoms with Crippen LogP contribution in [0.4, 0.5) is 4.79 Å². The number of rotatable bonds is 38. The van der Waals surface area contributed by atoms with Crippen molar-refractivity contribution < 1.29 is 4.79 Å². The lowest BCUT2D eigenvalue weighted by Gasteiger charge is -2.20. The number of aliphatic imine (C=N–C) groups is 1. The molecule has 3 heteroatoms. The molecule has 0 N–H and O–H groups in total. The molecule has 0 saturated carbocycles. The Morgan fingerprint density at radius 1 is 0.370 bits per heavy atom. The van der Waals surface area contributed by atoms with Crippen LogP contribution in [0, 0.1) is 0 Å². The summed E-state index contributed by atoms with van der Waals surface area (Å²) in [5, 5.41) is 0. The average Bonchev–Trinajstić information content (AvgIpc) is 3.06. The van der Waals surface area contributed by atoms with Crippen molar-refractivity contribution in [3.05, 3.63) is 0 Å². The normalized spacial score (nSPS) is 11.6. The molecule has 0 spiro atoms. The number of amides is 2. The van der Waals surface area contributed by atoms with Crippen molar-refractivity contribution in [2.75, 3.05) is 13.1 Å². The van der Waals surface area contributed by atoms with E-state index in [1.807, 2.05) is 6.21 Å². The highest BCUT2D eigenvalue weighted by Crippen LogP contribution is 2.16. The van der Waals surface area contributed by atoms with Gasteiger partial charge in [0.2, 0.25) is 0 Å². The number of hydrogen-bond acceptors (Lipinski definition) is 1. The van der Waals surface area contributed by atoms with Crippen LogP contribution in [0.1, 0.15) is 252 Å². The first-order chi connectivity index (χ1) is 22.8. The van der Waals surface area contributed by atoms with Gasteiger partial charge in [-0.15, -0.1) is 0 Å². The fraction of sp³-hybridized carbons (Fsp3) is 0.953. The average molecular weight is 647 g/mol. The Bertz CT molecular complexity index is 568. The maximum absolute atomic E-state index is 12.9. The van der Waals surface area contributed by atoms with Gasteiger partial charge in [0.25, 0.3) is 0 Å². The highest BCUT2D eigenvalue weighted by Gasteiger charge is 2.11. The molecule has 0 fully saturated rings. The van der Waals surface area contributed by atoms with Crippen LogP contribution in [0.15, 0.2) is 4.99 Å². The summed E-state index contributed by atoms with van der Waals surface area (Å²) in [6.45, 7) is 8.60. The van der Waals surface area contributed by atoms with E-state index < -0.39 is 0 Å². The van der Waals surface area contributed by atoms with Crippen LogP contribution in [0.25, 0.3) is 0 Å². The van der Waals surface area contributed by atoms with Crippen molar-refractivity contribution in [2.24, 2.45) is 4.99 Å². The topological polar surface area (TPSA) is 32.7 Å². The van der Waals surface area contributed by atoms with Gasteiger partial charge < -0.3 is 4.90 Å². The van der Waals surface area contributed by atoms with E-state index in [9.17, 15) is 4.79 Å². The summed E-state index contributed by atoms with van der Waals surface area (Å²) in [5.74, 6) is 0. The van der Waals surface area contributed by atoms with E-state index in [1.165, 1.54) is 205 Å². The number of hydrogen-bond donors (Lipinski definition) is 0. The van der Waals surface area contributed by atoms with Gasteiger partial charge in [-0.1, -0.05) is 226 Å². The van der Waals surface area contributed by atoms with E-state index in [1.54, 1.807) is 0 Å². The quantitative estimate of drug-likeness (QED) is 0.0485. The Labute approximate surface area is 291 Å². The Hall–Kier alpha value is -0.860. The summed E-state index contributed by atoms with van der Waals surface area (Å²) in [6, 6.07) is 0.0124. The molecule has 0 heterocycles. The van der Waals surface area contributed by atoms with Gasteiger partial charge in [-0.3, -0.25) is 0 Å². The molecule has 0 radical (unpaired) electrons. The number of carbonyl (C=O) groups is 1. The molecule has 0 aliphatic carbocycles. The lowest BCUT2D eigenvalue weighted by molar-refractivity contribution is 0.205. The smallest absolute Gasteiger partial charge is 0.323 e. The van der Waals surface area contributed by atoms with Gasteiger partial charge >= 0.3 is 6.03 Å². The fourth-order valence-corrected chi connectivity index (χ4v) is 6.71. The van der Waals surface area contributed by atoms with Gasteiger partial charge in [0.1, 0.15) is 0 Å². The second-order valence-corrected chi connectivity index (χ2v) is 14.7. The summed E-state index contributed by atoms with van der Waals surface area (Å²) in [7, 11) is 0. The third kappa shape index (κ3) is 36.0. The zero-order valence-electron chi connectivity index (χ0n) is 32.3. The first-order valence-electron chi connectivity index (χ1n) is 21.6. The molecular formula is C43H86N2O. The molecule has 0 unspecified atom stereocenters. The van der Waals surface area contributed by atoms with Crippen LogP contribution >= 0.6 is 0 Å². The van der Waals surface area contributed by atoms with Crippen molar-refractivity contribution in [1.29, 1.82) is 0 Å². The highest BCUT2D eigenvalue weighted by molar-refractivity contribution is 5.83. The number of unbranched alkanes of at least 4 members (excludes halogenated alkanes) is 33.